The summed E-state index contributed by atoms with van der Waals surface area (Å²) >= 11 is 0. The Labute approximate surface area is 72.5 Å². The summed E-state index contributed by atoms with van der Waals surface area (Å²) in [6, 6.07) is 0. The van der Waals surface area contributed by atoms with Gasteiger partial charge in [0.2, 0.25) is 0 Å². The molecule has 0 saturated heterocycles. The maximum atomic E-state index is 8.56. The van der Waals surface area contributed by atoms with Crippen LogP contribution >= 0.6 is 0 Å². The van der Waals surface area contributed by atoms with Gasteiger partial charge in [-0.3, -0.25) is 0 Å². The van der Waals surface area contributed by atoms with Gasteiger partial charge in [0.1, 0.15) is 0 Å². The monoisotopic (exact) mass is 140 g/mol. The topological polar surface area (TPSA) is 121 Å². The zero-order valence-corrected chi connectivity index (χ0v) is 5.72. The van der Waals surface area contributed by atoms with E-state index in [2.05, 4.69) is 0 Å². The molecule has 0 aromatic heterocycles. The maximum absolute atomic E-state index is 8.56. The van der Waals surface area contributed by atoms with Crippen molar-refractivity contribution in [2.75, 3.05) is 0 Å². The van der Waals surface area contributed by atoms with Crippen molar-refractivity contribution in [1.82, 2.24) is 0 Å². The van der Waals surface area contributed by atoms with Gasteiger partial charge < -0.3 is 24.0 Å². The van der Waals surface area contributed by atoms with Gasteiger partial charge in [-0.15, -0.1) is 0 Å². The average molecular weight is 140 g/mol. The van der Waals surface area contributed by atoms with E-state index in [1.54, 1.807) is 0 Å². The first-order valence-corrected chi connectivity index (χ1v) is 0.651. The van der Waals surface area contributed by atoms with Gasteiger partial charge >= 0.3 is 43.9 Å². The number of carbonyl (C=O) groups is 1. The first kappa shape index (κ1) is 26.0. The molecular formula is CH8CaO5. The van der Waals surface area contributed by atoms with Crippen molar-refractivity contribution in [3.63, 3.8) is 0 Å². The second-order valence-corrected chi connectivity index (χ2v) is 0.283. The predicted octanol–water partition coefficient (Wildman–Crippen LogP) is -1.58. The second-order valence-electron chi connectivity index (χ2n) is 0.283. The third-order valence-corrected chi connectivity index (χ3v) is 0. The van der Waals surface area contributed by atoms with Crippen LogP contribution in [0, 0.1) is 0 Å². The van der Waals surface area contributed by atoms with Crippen molar-refractivity contribution in [3.8, 4) is 0 Å². The summed E-state index contributed by atoms with van der Waals surface area (Å²) in [6.45, 7) is 0. The molecule has 0 atom stereocenters. The van der Waals surface area contributed by atoms with Crippen molar-refractivity contribution in [2.24, 2.45) is 0 Å². The Bertz CT molecular complexity index is 37.9. The molecular weight excluding hydrogens is 132 g/mol. The van der Waals surface area contributed by atoms with Crippen LogP contribution in [0.1, 0.15) is 2.85 Å². The summed E-state index contributed by atoms with van der Waals surface area (Å²) < 4.78 is 0. The van der Waals surface area contributed by atoms with Crippen molar-refractivity contribution < 1.29 is 28.8 Å². The van der Waals surface area contributed by atoms with Gasteiger partial charge in [0, 0.05) is 0 Å². The molecule has 0 spiro atoms. The van der Waals surface area contributed by atoms with Crippen molar-refractivity contribution in [3.05, 3.63) is 0 Å². The molecule has 0 aliphatic heterocycles. The minimum atomic E-state index is -1.83. The summed E-state index contributed by atoms with van der Waals surface area (Å²) in [5, 5.41) is 13.9. The van der Waals surface area contributed by atoms with E-state index >= 15 is 0 Å². The number of hydrogen-bond acceptors (Lipinski definition) is 1. The molecule has 0 saturated carbocycles. The first-order valence-electron chi connectivity index (χ1n) is 0.651. The molecule has 5 nitrogen and oxygen atoms in total. The van der Waals surface area contributed by atoms with Crippen LogP contribution in [0.3, 0.4) is 0 Å². The zero-order valence-electron chi connectivity index (χ0n) is 5.51. The first-order chi connectivity index (χ1) is 1.73. The van der Waals surface area contributed by atoms with E-state index in [4.69, 9.17) is 15.0 Å². The largest absolute Gasteiger partial charge is 2.00 e. The van der Waals surface area contributed by atoms with Crippen LogP contribution in [0.4, 0.5) is 4.79 Å². The van der Waals surface area contributed by atoms with Gasteiger partial charge in [0.05, 0.1) is 0 Å². The third-order valence-electron chi connectivity index (χ3n) is 0. The summed E-state index contributed by atoms with van der Waals surface area (Å²) in [7, 11) is 0. The number of hydrogen-bond donors (Lipinski definition) is 2. The van der Waals surface area contributed by atoms with Gasteiger partial charge in [-0.1, -0.05) is 0 Å². The molecule has 0 aromatic carbocycles. The molecule has 0 bridgehead atoms. The van der Waals surface area contributed by atoms with Gasteiger partial charge in [0.15, 0.2) is 0 Å². The van der Waals surface area contributed by atoms with Crippen LogP contribution in [0.2, 0.25) is 0 Å². The molecule has 0 amide bonds. The standard InChI is InChI=1S/CH2O3.Ca.2H2O.2H/c2-1(3)4;;;;;/h(H2,2,3,4);;2*1H2;;/q;+2;;;2*-1. The molecule has 0 heterocycles. The zero-order chi connectivity index (χ0) is 3.58. The SMILES string of the molecule is O.O.O=C(O)O.[Ca+2].[H-].[H-]. The molecule has 44 valence electrons. The Morgan fingerprint density at radius 1 is 1.29 bits per heavy atom. The van der Waals surface area contributed by atoms with E-state index in [1.165, 1.54) is 0 Å². The van der Waals surface area contributed by atoms with Crippen molar-refractivity contribution in [2.45, 2.75) is 0 Å². The third kappa shape index (κ3) is 631. The van der Waals surface area contributed by atoms with Crippen molar-refractivity contribution >= 4 is 43.9 Å². The predicted molar refractivity (Wildman–Crippen MR) is 25.9 cm³/mol. The Balaban J connectivity index is -0.00000000450. The van der Waals surface area contributed by atoms with Crippen molar-refractivity contribution in [1.29, 1.82) is 0 Å². The molecule has 6 heteroatoms. The van der Waals surface area contributed by atoms with Crippen LogP contribution in [-0.4, -0.2) is 65.1 Å². The molecule has 0 aromatic rings. The normalized spacial score (nSPS) is 3.43. The smallest absolute Gasteiger partial charge is 1.00 e. The minimum absolute atomic E-state index is 0. The molecule has 0 fully saturated rings. The molecule has 7 heavy (non-hydrogen) atoms. The van der Waals surface area contributed by atoms with Gasteiger partial charge in [-0.25, -0.2) is 4.79 Å². The molecule has 0 aliphatic rings. The minimum Gasteiger partial charge on any atom is -1.00 e. The van der Waals surface area contributed by atoms with E-state index in [1.807, 2.05) is 0 Å². The van der Waals surface area contributed by atoms with Gasteiger partial charge in [-0.2, -0.15) is 0 Å². The van der Waals surface area contributed by atoms with Crippen LogP contribution < -0.4 is 0 Å². The Morgan fingerprint density at radius 2 is 1.29 bits per heavy atom. The van der Waals surface area contributed by atoms with E-state index in [-0.39, 0.29) is 51.5 Å². The molecule has 0 aliphatic carbocycles. The van der Waals surface area contributed by atoms with E-state index < -0.39 is 6.16 Å². The molecule has 0 rings (SSSR count). The average Bonchev–Trinajstić information content (AvgIpc) is 0.811. The summed E-state index contributed by atoms with van der Waals surface area (Å²) in [5.74, 6) is 0. The fourth-order valence-electron chi connectivity index (χ4n) is 0. The summed E-state index contributed by atoms with van der Waals surface area (Å²) in [4.78, 5) is 8.56. The Hall–Kier alpha value is 0.450. The molecule has 6 N–H and O–H groups in total. The van der Waals surface area contributed by atoms with Crippen LogP contribution in [0.15, 0.2) is 0 Å². The van der Waals surface area contributed by atoms with E-state index in [0.29, 0.717) is 0 Å². The molecule has 0 radical (unpaired) electrons. The van der Waals surface area contributed by atoms with Gasteiger partial charge in [0.25, 0.3) is 0 Å². The van der Waals surface area contributed by atoms with Crippen LogP contribution in [0.5, 0.6) is 0 Å². The fraction of sp³-hybridized carbons (Fsp3) is 0. The fourth-order valence-corrected chi connectivity index (χ4v) is 0. The second kappa shape index (κ2) is 16.1. The quantitative estimate of drug-likeness (QED) is 0.395. The van der Waals surface area contributed by atoms with E-state index in [9.17, 15) is 0 Å². The van der Waals surface area contributed by atoms with Crippen LogP contribution in [-0.2, 0) is 0 Å². The number of rotatable bonds is 0. The molecule has 0 unspecified atom stereocenters. The van der Waals surface area contributed by atoms with Crippen LogP contribution in [0.25, 0.3) is 0 Å². The Morgan fingerprint density at radius 3 is 1.29 bits per heavy atom. The Kier molecular flexibility index (Phi) is 59.9. The maximum Gasteiger partial charge on any atom is 2.00 e. The van der Waals surface area contributed by atoms with E-state index in [0.717, 1.165) is 0 Å². The summed E-state index contributed by atoms with van der Waals surface area (Å²) in [5.41, 5.74) is 0. The number of carboxylic acid groups (broad SMARTS) is 2. The summed E-state index contributed by atoms with van der Waals surface area (Å²) in [6.07, 6.45) is -1.83. The van der Waals surface area contributed by atoms with Gasteiger partial charge in [-0.05, 0) is 0 Å².